The molecule has 0 radical (unpaired) electrons. The molecule has 4 nitrogen and oxygen atoms in total. The van der Waals surface area contributed by atoms with Crippen LogP contribution in [-0.4, -0.2) is 31.7 Å². The van der Waals surface area contributed by atoms with Gasteiger partial charge in [-0.25, -0.2) is 0 Å². The van der Waals surface area contributed by atoms with Gasteiger partial charge in [0.1, 0.15) is 0 Å². The van der Waals surface area contributed by atoms with Gasteiger partial charge in [0.25, 0.3) is 0 Å². The van der Waals surface area contributed by atoms with Gasteiger partial charge in [-0.2, -0.15) is 0 Å². The van der Waals surface area contributed by atoms with Crippen LogP contribution in [0.15, 0.2) is 0 Å². The summed E-state index contributed by atoms with van der Waals surface area (Å²) in [7, 11) is 3.33. The number of primary amides is 1. The van der Waals surface area contributed by atoms with Crippen molar-refractivity contribution in [3.63, 3.8) is 0 Å². The highest BCUT2D eigenvalue weighted by Gasteiger charge is 2.30. The van der Waals surface area contributed by atoms with E-state index in [1.807, 2.05) is 6.92 Å². The number of amides is 1. The van der Waals surface area contributed by atoms with E-state index in [0.29, 0.717) is 6.42 Å². The number of nitrogens with two attached hydrogens (primary N) is 1. The minimum Gasteiger partial charge on any atom is -0.382 e. The lowest BCUT2D eigenvalue weighted by atomic mass is 9.94. The maximum Gasteiger partial charge on any atom is 0.237 e. The molecule has 0 aromatic heterocycles. The number of likely N-dealkylation sites (N-methyl/N-ethyl adjacent to an activating group) is 1. The second-order valence-corrected chi connectivity index (χ2v) is 3.20. The van der Waals surface area contributed by atoms with Crippen LogP contribution in [-0.2, 0) is 9.53 Å². The average Bonchev–Trinajstić information content (AvgIpc) is 2.03. The third kappa shape index (κ3) is 2.79. The van der Waals surface area contributed by atoms with Gasteiger partial charge < -0.3 is 15.8 Å². The van der Waals surface area contributed by atoms with Gasteiger partial charge in [0.05, 0.1) is 11.6 Å². The highest BCUT2D eigenvalue weighted by atomic mass is 16.5. The Kier molecular flexibility index (Phi) is 4.20. The fourth-order valence-corrected chi connectivity index (χ4v) is 0.984. The second kappa shape index (κ2) is 4.42. The molecule has 0 aromatic carbocycles. The van der Waals surface area contributed by atoms with E-state index in [-0.39, 0.29) is 12.0 Å². The molecule has 0 aromatic rings. The molecule has 12 heavy (non-hydrogen) atoms. The molecule has 0 aliphatic heterocycles. The van der Waals surface area contributed by atoms with Crippen molar-refractivity contribution in [2.24, 2.45) is 5.73 Å². The molecule has 0 heterocycles. The van der Waals surface area contributed by atoms with E-state index in [1.54, 1.807) is 21.1 Å². The molecule has 0 aliphatic carbocycles. The first kappa shape index (κ1) is 11.4. The van der Waals surface area contributed by atoms with Gasteiger partial charge in [0, 0.05) is 13.5 Å². The molecule has 0 bridgehead atoms. The third-order valence-electron chi connectivity index (χ3n) is 2.19. The fraction of sp³-hybridized carbons (Fsp3) is 0.875. The topological polar surface area (TPSA) is 64.3 Å². The molecule has 1 amide bonds. The third-order valence-corrected chi connectivity index (χ3v) is 2.19. The van der Waals surface area contributed by atoms with Gasteiger partial charge in [-0.3, -0.25) is 4.79 Å². The van der Waals surface area contributed by atoms with Gasteiger partial charge in [-0.1, -0.05) is 0 Å². The first-order chi connectivity index (χ1) is 5.46. The van der Waals surface area contributed by atoms with Crippen molar-refractivity contribution in [2.75, 3.05) is 14.2 Å². The first-order valence-electron chi connectivity index (χ1n) is 3.98. The largest absolute Gasteiger partial charge is 0.382 e. The Bertz CT molecular complexity index is 161. The smallest absolute Gasteiger partial charge is 0.237 e. The Morgan fingerprint density at radius 2 is 2.25 bits per heavy atom. The van der Waals surface area contributed by atoms with E-state index in [4.69, 9.17) is 10.5 Å². The van der Waals surface area contributed by atoms with Crippen LogP contribution in [0.5, 0.6) is 0 Å². The number of nitrogens with one attached hydrogen (secondary N) is 1. The van der Waals surface area contributed by atoms with Crippen molar-refractivity contribution >= 4 is 5.91 Å². The molecule has 2 atom stereocenters. The number of hydrogen-bond acceptors (Lipinski definition) is 3. The molecule has 4 heteroatoms. The van der Waals surface area contributed by atoms with E-state index in [9.17, 15) is 4.79 Å². The van der Waals surface area contributed by atoms with Gasteiger partial charge in [0.2, 0.25) is 5.91 Å². The number of carbonyl (C=O) groups excluding carboxylic acids is 1. The zero-order valence-electron chi connectivity index (χ0n) is 8.18. The summed E-state index contributed by atoms with van der Waals surface area (Å²) in [5.41, 5.74) is 4.56. The van der Waals surface area contributed by atoms with E-state index in [2.05, 4.69) is 5.32 Å². The Morgan fingerprint density at radius 3 is 2.50 bits per heavy atom. The van der Waals surface area contributed by atoms with Crippen LogP contribution in [0.1, 0.15) is 20.3 Å². The molecule has 72 valence electrons. The minimum atomic E-state index is -0.671. The summed E-state index contributed by atoms with van der Waals surface area (Å²) >= 11 is 0. The van der Waals surface area contributed by atoms with Crippen LogP contribution in [0.25, 0.3) is 0 Å². The molecule has 3 N–H and O–H groups in total. The van der Waals surface area contributed by atoms with Gasteiger partial charge in [-0.05, 0) is 20.9 Å². The Morgan fingerprint density at radius 1 is 1.75 bits per heavy atom. The molecule has 0 spiro atoms. The van der Waals surface area contributed by atoms with Crippen molar-refractivity contribution in [3.8, 4) is 0 Å². The standard InChI is InChI=1S/C8H18N2O2/c1-6(12-4)5-8(2,10-3)7(9)11/h6,10H,5H2,1-4H3,(H2,9,11). The number of hydrogen-bond donors (Lipinski definition) is 2. The normalized spacial score (nSPS) is 18.3. The molecular formula is C8H18N2O2. The SMILES string of the molecule is CNC(C)(CC(C)OC)C(N)=O. The van der Waals surface area contributed by atoms with Crippen LogP contribution < -0.4 is 11.1 Å². The molecule has 0 saturated heterocycles. The van der Waals surface area contributed by atoms with Crippen LogP contribution in [0.4, 0.5) is 0 Å². The maximum atomic E-state index is 11.0. The monoisotopic (exact) mass is 174 g/mol. The molecular weight excluding hydrogens is 156 g/mol. The van der Waals surface area contributed by atoms with Crippen LogP contribution in [0.3, 0.4) is 0 Å². The Balaban J connectivity index is 4.23. The summed E-state index contributed by atoms with van der Waals surface area (Å²) in [6.07, 6.45) is 0.602. The molecule has 0 fully saturated rings. The van der Waals surface area contributed by atoms with Gasteiger partial charge in [-0.15, -0.1) is 0 Å². The van der Waals surface area contributed by atoms with Crippen molar-refractivity contribution in [3.05, 3.63) is 0 Å². The minimum absolute atomic E-state index is 0.0231. The van der Waals surface area contributed by atoms with Gasteiger partial charge in [0.15, 0.2) is 0 Å². The van der Waals surface area contributed by atoms with Crippen LogP contribution in [0.2, 0.25) is 0 Å². The lowest BCUT2D eigenvalue weighted by Crippen LogP contribution is -2.53. The van der Waals surface area contributed by atoms with E-state index < -0.39 is 5.54 Å². The second-order valence-electron chi connectivity index (χ2n) is 3.20. The molecule has 0 rings (SSSR count). The zero-order chi connectivity index (χ0) is 9.78. The lowest BCUT2D eigenvalue weighted by Gasteiger charge is -2.27. The van der Waals surface area contributed by atoms with Crippen molar-refractivity contribution in [1.29, 1.82) is 0 Å². The lowest BCUT2D eigenvalue weighted by molar-refractivity contribution is -0.124. The number of methoxy groups -OCH3 is 1. The van der Waals surface area contributed by atoms with Crippen molar-refractivity contribution in [2.45, 2.75) is 31.9 Å². The first-order valence-corrected chi connectivity index (χ1v) is 3.98. The van der Waals surface area contributed by atoms with Crippen LogP contribution in [0, 0.1) is 0 Å². The zero-order valence-corrected chi connectivity index (χ0v) is 8.18. The fourth-order valence-electron chi connectivity index (χ4n) is 0.984. The maximum absolute atomic E-state index is 11.0. The summed E-state index contributed by atoms with van der Waals surface area (Å²) in [5, 5.41) is 2.89. The molecule has 0 aliphatic rings. The van der Waals surface area contributed by atoms with Crippen molar-refractivity contribution in [1.82, 2.24) is 5.32 Å². The summed E-state index contributed by atoms with van der Waals surface area (Å²) in [6.45, 7) is 3.67. The highest BCUT2D eigenvalue weighted by molar-refractivity contribution is 5.84. The Labute approximate surface area is 73.5 Å². The Hall–Kier alpha value is -0.610. The van der Waals surface area contributed by atoms with E-state index in [1.165, 1.54) is 0 Å². The summed E-state index contributed by atoms with van der Waals surface area (Å²) in [5.74, 6) is -0.353. The van der Waals surface area contributed by atoms with Crippen LogP contribution >= 0.6 is 0 Å². The number of carbonyl (C=O) groups is 1. The molecule has 2 unspecified atom stereocenters. The number of ether oxygens (including phenoxy) is 1. The average molecular weight is 174 g/mol. The highest BCUT2D eigenvalue weighted by Crippen LogP contribution is 2.12. The van der Waals surface area contributed by atoms with E-state index >= 15 is 0 Å². The van der Waals surface area contributed by atoms with Crippen molar-refractivity contribution < 1.29 is 9.53 Å². The summed E-state index contributed by atoms with van der Waals surface area (Å²) in [6, 6.07) is 0. The predicted molar refractivity (Wildman–Crippen MR) is 47.7 cm³/mol. The summed E-state index contributed by atoms with van der Waals surface area (Å²) in [4.78, 5) is 11.0. The quantitative estimate of drug-likeness (QED) is 0.610. The molecule has 0 saturated carbocycles. The van der Waals surface area contributed by atoms with E-state index in [0.717, 1.165) is 0 Å². The summed E-state index contributed by atoms with van der Waals surface area (Å²) < 4.78 is 5.05. The van der Waals surface area contributed by atoms with Gasteiger partial charge >= 0.3 is 0 Å². The number of rotatable bonds is 5. The predicted octanol–water partition coefficient (Wildman–Crippen LogP) is -0.125.